The third-order valence-electron chi connectivity index (χ3n) is 5.66. The van der Waals surface area contributed by atoms with Gasteiger partial charge < -0.3 is 9.47 Å². The van der Waals surface area contributed by atoms with Crippen LogP contribution in [0.1, 0.15) is 11.1 Å². The van der Waals surface area contributed by atoms with Crippen molar-refractivity contribution < 1.29 is 23.5 Å². The minimum atomic E-state index is -0.304. The maximum atomic E-state index is 13.1. The van der Waals surface area contributed by atoms with Crippen LogP contribution < -0.4 is 9.47 Å². The number of amides is 2. The van der Waals surface area contributed by atoms with Crippen LogP contribution in [0.5, 0.6) is 11.5 Å². The Morgan fingerprint density at radius 3 is 2.21 bits per heavy atom. The molecule has 0 bridgehead atoms. The number of benzene rings is 2. The van der Waals surface area contributed by atoms with Crippen LogP contribution in [-0.2, 0) is 22.7 Å². The minimum Gasteiger partial charge on any atom is -0.454 e. The molecule has 3 aliphatic rings. The summed E-state index contributed by atoms with van der Waals surface area (Å²) < 4.78 is 23.7. The third kappa shape index (κ3) is 2.92. The summed E-state index contributed by atoms with van der Waals surface area (Å²) in [5, 5.41) is 0. The van der Waals surface area contributed by atoms with E-state index in [4.69, 9.17) is 9.47 Å². The summed E-state index contributed by atoms with van der Waals surface area (Å²) in [5.74, 6) is 0.206. The lowest BCUT2D eigenvalue weighted by molar-refractivity contribution is -0.141. The van der Waals surface area contributed by atoms with E-state index in [9.17, 15) is 14.0 Å². The fraction of sp³-hybridized carbons (Fsp3) is 0.333. The van der Waals surface area contributed by atoms with Crippen molar-refractivity contribution in [1.82, 2.24) is 9.80 Å². The van der Waals surface area contributed by atoms with Gasteiger partial charge in [-0.05, 0) is 35.4 Å². The summed E-state index contributed by atoms with van der Waals surface area (Å²) in [4.78, 5) is 29.2. The van der Waals surface area contributed by atoms with E-state index in [-0.39, 0.29) is 42.8 Å². The van der Waals surface area contributed by atoms with Crippen molar-refractivity contribution in [3.8, 4) is 11.5 Å². The number of imide groups is 1. The van der Waals surface area contributed by atoms with Crippen molar-refractivity contribution in [3.05, 3.63) is 59.4 Å². The predicted molar refractivity (Wildman–Crippen MR) is 96.8 cm³/mol. The molecule has 0 unspecified atom stereocenters. The third-order valence-corrected chi connectivity index (χ3v) is 5.66. The van der Waals surface area contributed by atoms with Gasteiger partial charge in [-0.2, -0.15) is 0 Å². The van der Waals surface area contributed by atoms with E-state index in [0.717, 1.165) is 11.1 Å². The van der Waals surface area contributed by atoms with Gasteiger partial charge in [0.05, 0.1) is 18.4 Å². The number of carbonyl (C=O) groups excluding carboxylic acids is 2. The lowest BCUT2D eigenvalue weighted by Gasteiger charge is -2.21. The number of carbonyl (C=O) groups is 2. The molecule has 0 spiro atoms. The van der Waals surface area contributed by atoms with Gasteiger partial charge in [0.1, 0.15) is 5.82 Å². The number of halogens is 1. The number of ether oxygens (including phenoxy) is 2. The molecule has 28 heavy (non-hydrogen) atoms. The molecule has 0 N–H and O–H groups in total. The van der Waals surface area contributed by atoms with Crippen molar-refractivity contribution in [2.45, 2.75) is 13.1 Å². The van der Waals surface area contributed by atoms with Gasteiger partial charge in [-0.3, -0.25) is 19.4 Å². The second kappa shape index (κ2) is 6.60. The van der Waals surface area contributed by atoms with Gasteiger partial charge in [-0.15, -0.1) is 0 Å². The van der Waals surface area contributed by atoms with E-state index < -0.39 is 0 Å². The summed E-state index contributed by atoms with van der Waals surface area (Å²) in [6.07, 6.45) is 0. The largest absolute Gasteiger partial charge is 0.454 e. The molecule has 0 aliphatic carbocycles. The lowest BCUT2D eigenvalue weighted by Crippen LogP contribution is -2.35. The van der Waals surface area contributed by atoms with E-state index in [0.29, 0.717) is 31.1 Å². The summed E-state index contributed by atoms with van der Waals surface area (Å²) in [6.45, 7) is 2.14. The summed E-state index contributed by atoms with van der Waals surface area (Å²) >= 11 is 0. The van der Waals surface area contributed by atoms with Gasteiger partial charge in [0.2, 0.25) is 18.6 Å². The highest BCUT2D eigenvalue weighted by molar-refractivity contribution is 6.05. The second-order valence-electron chi connectivity index (χ2n) is 7.48. The number of likely N-dealkylation sites (tertiary alicyclic amines) is 2. The van der Waals surface area contributed by atoms with Crippen LogP contribution in [0.4, 0.5) is 4.39 Å². The molecule has 2 saturated heterocycles. The highest BCUT2D eigenvalue weighted by atomic mass is 19.1. The zero-order valence-corrected chi connectivity index (χ0v) is 15.1. The summed E-state index contributed by atoms with van der Waals surface area (Å²) in [7, 11) is 0. The molecular formula is C21H19FN2O4. The second-order valence-corrected chi connectivity index (χ2v) is 7.48. The molecule has 2 aromatic rings. The first-order chi connectivity index (χ1) is 13.6. The Kier molecular flexibility index (Phi) is 4.05. The van der Waals surface area contributed by atoms with Gasteiger partial charge in [0.15, 0.2) is 11.5 Å². The predicted octanol–water partition coefficient (Wildman–Crippen LogP) is 2.17. The van der Waals surface area contributed by atoms with E-state index in [1.165, 1.54) is 17.0 Å². The fourth-order valence-corrected chi connectivity index (χ4v) is 4.25. The number of hydrogen-bond donors (Lipinski definition) is 0. The topological polar surface area (TPSA) is 59.1 Å². The summed E-state index contributed by atoms with van der Waals surface area (Å²) in [5.41, 5.74) is 1.81. The molecule has 5 rings (SSSR count). The highest BCUT2D eigenvalue weighted by Crippen LogP contribution is 2.37. The van der Waals surface area contributed by atoms with Crippen LogP contribution in [0, 0.1) is 17.7 Å². The standard InChI is InChI=1S/C21H19FN2O4/c22-15-4-1-13(2-5-15)8-23-10-16-17(11-23)21(26)24(20(16)25)9-14-3-6-18-19(7-14)28-12-27-18/h1-7,16-17H,8-12H2/t16-,17+. The molecule has 0 saturated carbocycles. The van der Waals surface area contributed by atoms with Crippen LogP contribution in [-0.4, -0.2) is 41.5 Å². The Morgan fingerprint density at radius 2 is 1.50 bits per heavy atom. The molecule has 144 valence electrons. The number of hydrogen-bond acceptors (Lipinski definition) is 5. The van der Waals surface area contributed by atoms with Gasteiger partial charge in [0, 0.05) is 19.6 Å². The van der Waals surface area contributed by atoms with Crippen molar-refractivity contribution in [1.29, 1.82) is 0 Å². The molecule has 0 radical (unpaired) electrons. The number of nitrogens with zero attached hydrogens (tertiary/aromatic N) is 2. The average molecular weight is 382 g/mol. The van der Waals surface area contributed by atoms with Gasteiger partial charge in [-0.1, -0.05) is 18.2 Å². The Morgan fingerprint density at radius 1 is 0.857 bits per heavy atom. The summed E-state index contributed by atoms with van der Waals surface area (Å²) in [6, 6.07) is 11.8. The Bertz CT molecular complexity index is 922. The molecule has 0 aromatic heterocycles. The van der Waals surface area contributed by atoms with Crippen molar-refractivity contribution in [2.75, 3.05) is 19.9 Å². The van der Waals surface area contributed by atoms with Crippen molar-refractivity contribution in [2.24, 2.45) is 11.8 Å². The zero-order chi connectivity index (χ0) is 19.3. The van der Waals surface area contributed by atoms with Crippen molar-refractivity contribution >= 4 is 11.8 Å². The monoisotopic (exact) mass is 382 g/mol. The Balaban J connectivity index is 1.26. The quantitative estimate of drug-likeness (QED) is 0.759. The number of rotatable bonds is 4. The van der Waals surface area contributed by atoms with E-state index in [2.05, 4.69) is 4.90 Å². The van der Waals surface area contributed by atoms with Crippen LogP contribution in [0.25, 0.3) is 0 Å². The van der Waals surface area contributed by atoms with Crippen LogP contribution in [0.2, 0.25) is 0 Å². The molecule has 3 aliphatic heterocycles. The highest BCUT2D eigenvalue weighted by Gasteiger charge is 2.52. The SMILES string of the molecule is O=C1[C@H]2CN(Cc3ccc(F)cc3)C[C@H]2C(=O)N1Cc1ccc2c(c1)OCO2. The van der Waals surface area contributed by atoms with Crippen LogP contribution in [0.3, 0.4) is 0 Å². The average Bonchev–Trinajstić information content (AvgIpc) is 3.37. The van der Waals surface area contributed by atoms with Crippen molar-refractivity contribution in [3.63, 3.8) is 0 Å². The number of fused-ring (bicyclic) bond motifs is 2. The van der Waals surface area contributed by atoms with E-state index in [1.807, 2.05) is 12.1 Å². The maximum absolute atomic E-state index is 13.1. The zero-order valence-electron chi connectivity index (χ0n) is 15.1. The molecule has 3 heterocycles. The first-order valence-corrected chi connectivity index (χ1v) is 9.29. The van der Waals surface area contributed by atoms with Gasteiger partial charge >= 0.3 is 0 Å². The first-order valence-electron chi connectivity index (χ1n) is 9.29. The fourth-order valence-electron chi connectivity index (χ4n) is 4.25. The minimum absolute atomic E-state index is 0.116. The Labute approximate surface area is 161 Å². The normalized spacial score (nSPS) is 23.5. The Hall–Kier alpha value is -2.93. The molecular weight excluding hydrogens is 363 g/mol. The maximum Gasteiger partial charge on any atom is 0.234 e. The van der Waals surface area contributed by atoms with Gasteiger partial charge in [-0.25, -0.2) is 4.39 Å². The van der Waals surface area contributed by atoms with Crippen LogP contribution >= 0.6 is 0 Å². The van der Waals surface area contributed by atoms with E-state index >= 15 is 0 Å². The van der Waals surface area contributed by atoms with E-state index in [1.54, 1.807) is 18.2 Å². The smallest absolute Gasteiger partial charge is 0.234 e. The molecule has 2 aromatic carbocycles. The molecule has 2 fully saturated rings. The molecule has 2 atom stereocenters. The molecule has 2 amide bonds. The van der Waals surface area contributed by atoms with Crippen LogP contribution in [0.15, 0.2) is 42.5 Å². The molecule has 7 heteroatoms. The molecule has 6 nitrogen and oxygen atoms in total. The lowest BCUT2D eigenvalue weighted by atomic mass is 10.00. The van der Waals surface area contributed by atoms with Gasteiger partial charge in [0.25, 0.3) is 0 Å². The first kappa shape index (κ1) is 17.2.